The van der Waals surface area contributed by atoms with E-state index in [0.717, 1.165) is 32.1 Å². The van der Waals surface area contributed by atoms with E-state index < -0.39 is 5.60 Å². The molecule has 1 rings (SSSR count). The molecule has 2 nitrogen and oxygen atoms in total. The zero-order chi connectivity index (χ0) is 12.4. The van der Waals surface area contributed by atoms with E-state index in [2.05, 4.69) is 33.8 Å². The third kappa shape index (κ3) is 2.58. The van der Waals surface area contributed by atoms with Crippen molar-refractivity contribution in [2.24, 2.45) is 17.3 Å². The topological polar surface area (TPSA) is 44.0 Å². The third-order valence-electron chi connectivity index (χ3n) is 4.25. The Morgan fingerprint density at radius 2 is 2.06 bits per heavy atom. The Kier molecular flexibility index (Phi) is 4.02. The molecule has 16 heavy (non-hydrogen) atoms. The van der Waals surface area contributed by atoms with E-state index >= 15 is 0 Å². The van der Waals surface area contributed by atoms with E-state index in [4.69, 9.17) is 0 Å². The second-order valence-electron chi connectivity index (χ2n) is 6.23. The first-order valence-corrected chi connectivity index (χ1v) is 6.47. The van der Waals surface area contributed by atoms with Gasteiger partial charge in [0.1, 0.15) is 0 Å². The minimum Gasteiger partial charge on any atom is -0.388 e. The molecule has 92 valence electrons. The molecule has 2 heteroatoms. The van der Waals surface area contributed by atoms with Crippen molar-refractivity contribution in [3.8, 4) is 6.07 Å². The van der Waals surface area contributed by atoms with Crippen LogP contribution in [0.1, 0.15) is 59.8 Å². The summed E-state index contributed by atoms with van der Waals surface area (Å²) >= 11 is 0. The summed E-state index contributed by atoms with van der Waals surface area (Å²) in [5, 5.41) is 20.0. The maximum absolute atomic E-state index is 10.7. The predicted molar refractivity (Wildman–Crippen MR) is 65.8 cm³/mol. The molecule has 0 aromatic carbocycles. The molecule has 1 aliphatic carbocycles. The summed E-state index contributed by atoms with van der Waals surface area (Å²) in [6.45, 7) is 8.68. The minimum absolute atomic E-state index is 0.191. The molecule has 0 radical (unpaired) electrons. The van der Waals surface area contributed by atoms with Crippen LogP contribution in [0.5, 0.6) is 0 Å². The standard InChI is InChI=1S/C14H25NO/c1-5-6-12(10-15)14(16)8-7-13(3,4)9-11(14)2/h11-12,16H,5-9H2,1-4H3. The zero-order valence-electron chi connectivity index (χ0n) is 11.1. The van der Waals surface area contributed by atoms with Gasteiger partial charge in [0, 0.05) is 0 Å². The van der Waals surface area contributed by atoms with Crippen molar-refractivity contribution >= 4 is 0 Å². The van der Waals surface area contributed by atoms with E-state index in [-0.39, 0.29) is 11.8 Å². The van der Waals surface area contributed by atoms with Crippen LogP contribution in [0.15, 0.2) is 0 Å². The number of nitriles is 1. The van der Waals surface area contributed by atoms with Crippen LogP contribution in [0.25, 0.3) is 0 Å². The third-order valence-corrected chi connectivity index (χ3v) is 4.25. The Hall–Kier alpha value is -0.550. The lowest BCUT2D eigenvalue weighted by Crippen LogP contribution is -2.49. The van der Waals surface area contributed by atoms with Gasteiger partial charge in [0.25, 0.3) is 0 Å². The molecule has 3 atom stereocenters. The molecular weight excluding hydrogens is 198 g/mol. The van der Waals surface area contributed by atoms with Gasteiger partial charge >= 0.3 is 0 Å². The highest BCUT2D eigenvalue weighted by Crippen LogP contribution is 2.47. The molecule has 1 aliphatic rings. The molecule has 0 aromatic heterocycles. The van der Waals surface area contributed by atoms with Gasteiger partial charge in [0.2, 0.25) is 0 Å². The second-order valence-corrected chi connectivity index (χ2v) is 6.23. The van der Waals surface area contributed by atoms with E-state index in [1.807, 2.05) is 0 Å². The van der Waals surface area contributed by atoms with Gasteiger partial charge in [-0.05, 0) is 37.0 Å². The van der Waals surface area contributed by atoms with Crippen LogP contribution in [0.2, 0.25) is 0 Å². The average molecular weight is 223 g/mol. The van der Waals surface area contributed by atoms with Crippen LogP contribution in [-0.4, -0.2) is 10.7 Å². The number of aliphatic hydroxyl groups is 1. The maximum Gasteiger partial charge on any atom is 0.0831 e. The number of rotatable bonds is 3. The Balaban J connectivity index is 2.81. The van der Waals surface area contributed by atoms with Crippen molar-refractivity contribution < 1.29 is 5.11 Å². The predicted octanol–water partition coefficient (Wildman–Crippen LogP) is 3.50. The van der Waals surface area contributed by atoms with E-state index in [1.54, 1.807) is 0 Å². The molecule has 0 aliphatic heterocycles. The van der Waals surface area contributed by atoms with E-state index in [9.17, 15) is 10.4 Å². The smallest absolute Gasteiger partial charge is 0.0831 e. The first-order chi connectivity index (χ1) is 7.35. The van der Waals surface area contributed by atoms with Gasteiger partial charge < -0.3 is 5.11 Å². The molecule has 0 heterocycles. The zero-order valence-corrected chi connectivity index (χ0v) is 11.1. The van der Waals surface area contributed by atoms with Gasteiger partial charge in [-0.1, -0.05) is 34.1 Å². The van der Waals surface area contributed by atoms with Crippen LogP contribution >= 0.6 is 0 Å². The van der Waals surface area contributed by atoms with Gasteiger partial charge in [-0.15, -0.1) is 0 Å². The molecule has 3 unspecified atom stereocenters. The quantitative estimate of drug-likeness (QED) is 0.795. The monoisotopic (exact) mass is 223 g/mol. The fraction of sp³-hybridized carbons (Fsp3) is 0.929. The highest BCUT2D eigenvalue weighted by atomic mass is 16.3. The van der Waals surface area contributed by atoms with Crippen molar-refractivity contribution in [2.45, 2.75) is 65.4 Å². The van der Waals surface area contributed by atoms with E-state index in [1.165, 1.54) is 0 Å². The second kappa shape index (κ2) is 4.75. The molecule has 1 N–H and O–H groups in total. The normalized spacial score (nSPS) is 35.4. The maximum atomic E-state index is 10.7. The van der Waals surface area contributed by atoms with Gasteiger partial charge in [0.15, 0.2) is 0 Å². The first-order valence-electron chi connectivity index (χ1n) is 6.47. The molecule has 0 amide bonds. The van der Waals surface area contributed by atoms with Crippen LogP contribution in [0, 0.1) is 28.6 Å². The van der Waals surface area contributed by atoms with Crippen LogP contribution < -0.4 is 0 Å². The highest BCUT2D eigenvalue weighted by Gasteiger charge is 2.47. The lowest BCUT2D eigenvalue weighted by atomic mass is 9.61. The van der Waals surface area contributed by atoms with Crippen LogP contribution in [0.3, 0.4) is 0 Å². The van der Waals surface area contributed by atoms with Crippen molar-refractivity contribution in [3.63, 3.8) is 0 Å². The Labute approximate surface area is 99.7 Å². The highest BCUT2D eigenvalue weighted by molar-refractivity contribution is 5.04. The van der Waals surface area contributed by atoms with E-state index in [0.29, 0.717) is 5.41 Å². The Morgan fingerprint density at radius 1 is 1.44 bits per heavy atom. The van der Waals surface area contributed by atoms with Crippen molar-refractivity contribution in [3.05, 3.63) is 0 Å². The summed E-state index contributed by atoms with van der Waals surface area (Å²) in [5.74, 6) is 0.0380. The SMILES string of the molecule is CCCC(C#N)C1(O)CCC(C)(C)CC1C. The van der Waals surface area contributed by atoms with Gasteiger partial charge in [0.05, 0.1) is 17.6 Å². The lowest BCUT2D eigenvalue weighted by Gasteiger charge is -2.47. The summed E-state index contributed by atoms with van der Waals surface area (Å²) in [5.41, 5.74) is -0.432. The average Bonchev–Trinajstić information content (AvgIpc) is 2.20. The van der Waals surface area contributed by atoms with Crippen molar-refractivity contribution in [1.82, 2.24) is 0 Å². The van der Waals surface area contributed by atoms with Gasteiger partial charge in [-0.2, -0.15) is 5.26 Å². The fourth-order valence-electron chi connectivity index (χ4n) is 3.13. The molecule has 0 saturated heterocycles. The van der Waals surface area contributed by atoms with Gasteiger partial charge in [-0.25, -0.2) is 0 Å². The number of nitrogens with zero attached hydrogens (tertiary/aromatic N) is 1. The summed E-state index contributed by atoms with van der Waals surface area (Å²) in [7, 11) is 0. The molecule has 0 spiro atoms. The minimum atomic E-state index is -0.750. The first kappa shape index (κ1) is 13.5. The summed E-state index contributed by atoms with van der Waals surface area (Å²) < 4.78 is 0. The summed E-state index contributed by atoms with van der Waals surface area (Å²) in [4.78, 5) is 0. The number of hydrogen-bond donors (Lipinski definition) is 1. The van der Waals surface area contributed by atoms with Crippen LogP contribution in [0.4, 0.5) is 0 Å². The largest absolute Gasteiger partial charge is 0.388 e. The van der Waals surface area contributed by atoms with Crippen molar-refractivity contribution in [2.75, 3.05) is 0 Å². The lowest BCUT2D eigenvalue weighted by molar-refractivity contribution is -0.0996. The molecule has 0 aromatic rings. The molecule has 1 saturated carbocycles. The summed E-state index contributed by atoms with van der Waals surface area (Å²) in [6.07, 6.45) is 4.61. The molecule has 1 fully saturated rings. The summed E-state index contributed by atoms with van der Waals surface area (Å²) in [6, 6.07) is 2.32. The Morgan fingerprint density at radius 3 is 2.50 bits per heavy atom. The fourth-order valence-corrected chi connectivity index (χ4v) is 3.13. The molecular formula is C14H25NO. The molecule has 0 bridgehead atoms. The van der Waals surface area contributed by atoms with Gasteiger partial charge in [-0.3, -0.25) is 0 Å². The van der Waals surface area contributed by atoms with Crippen molar-refractivity contribution in [1.29, 1.82) is 5.26 Å². The Bertz CT molecular complexity index is 279. The van der Waals surface area contributed by atoms with Crippen LogP contribution in [-0.2, 0) is 0 Å². The number of hydrogen-bond acceptors (Lipinski definition) is 2.